The van der Waals surface area contributed by atoms with Crippen LogP contribution in [0.3, 0.4) is 0 Å². The summed E-state index contributed by atoms with van der Waals surface area (Å²) in [6.45, 7) is 2.93. The van der Waals surface area contributed by atoms with Gasteiger partial charge in [-0.3, -0.25) is 9.59 Å². The monoisotopic (exact) mass is 448 g/mol. The van der Waals surface area contributed by atoms with Gasteiger partial charge in [0.25, 0.3) is 5.91 Å². The lowest BCUT2D eigenvalue weighted by atomic mass is 10.2. The Labute approximate surface area is 175 Å². The van der Waals surface area contributed by atoms with Crippen LogP contribution in [0.15, 0.2) is 23.1 Å². The third kappa shape index (κ3) is 6.13. The van der Waals surface area contributed by atoms with Crippen LogP contribution in [0.5, 0.6) is 0 Å². The van der Waals surface area contributed by atoms with Crippen molar-refractivity contribution < 1.29 is 32.2 Å². The van der Waals surface area contributed by atoms with Gasteiger partial charge in [0.05, 0.1) is 41.9 Å². The molecule has 1 aliphatic heterocycles. The normalized spacial score (nSPS) is 15.1. The predicted octanol–water partition coefficient (Wildman–Crippen LogP) is 1.01. The van der Waals surface area contributed by atoms with Crippen molar-refractivity contribution in [2.75, 3.05) is 59.7 Å². The Morgan fingerprint density at radius 2 is 1.97 bits per heavy atom. The Kier molecular flexibility index (Phi) is 8.84. The van der Waals surface area contributed by atoms with Crippen LogP contribution in [0, 0.1) is 0 Å². The summed E-state index contributed by atoms with van der Waals surface area (Å²) in [5.41, 5.74) is -0.0126. The van der Waals surface area contributed by atoms with E-state index in [1.165, 1.54) is 34.5 Å². The molecule has 1 aromatic rings. The molecule has 0 bridgehead atoms. The molecule has 0 aromatic heterocycles. The van der Waals surface area contributed by atoms with Gasteiger partial charge in [0.15, 0.2) is 0 Å². The highest BCUT2D eigenvalue weighted by Crippen LogP contribution is 2.25. The quantitative estimate of drug-likeness (QED) is 0.519. The Bertz CT molecular complexity index is 825. The van der Waals surface area contributed by atoms with Crippen molar-refractivity contribution in [3.05, 3.63) is 28.8 Å². The van der Waals surface area contributed by atoms with Gasteiger partial charge in [-0.05, 0) is 25.1 Å². The fourth-order valence-corrected chi connectivity index (χ4v) is 4.38. The first-order chi connectivity index (χ1) is 13.8. The van der Waals surface area contributed by atoms with Crippen molar-refractivity contribution in [1.82, 2.24) is 9.21 Å². The van der Waals surface area contributed by atoms with Crippen molar-refractivity contribution in [2.24, 2.45) is 0 Å². The topological polar surface area (TPSA) is 102 Å². The minimum atomic E-state index is -3.80. The molecular weight excluding hydrogens is 424 g/mol. The number of methoxy groups -OCH3 is 1. The van der Waals surface area contributed by atoms with Gasteiger partial charge in [-0.2, -0.15) is 4.31 Å². The maximum Gasteiger partial charge on any atom is 0.325 e. The fourth-order valence-electron chi connectivity index (χ4n) is 2.75. The minimum absolute atomic E-state index is 0.0126. The Balaban J connectivity index is 2.32. The molecule has 0 aliphatic carbocycles. The molecule has 9 nitrogen and oxygen atoms in total. The molecule has 162 valence electrons. The summed E-state index contributed by atoms with van der Waals surface area (Å²) in [6, 6.07) is 3.95. The maximum absolute atomic E-state index is 13.0. The van der Waals surface area contributed by atoms with E-state index in [2.05, 4.69) is 0 Å². The van der Waals surface area contributed by atoms with Gasteiger partial charge in [-0.15, -0.1) is 0 Å². The first kappa shape index (κ1) is 23.6. The lowest BCUT2D eigenvalue weighted by molar-refractivity contribution is -0.143. The van der Waals surface area contributed by atoms with Crippen LogP contribution in [0.25, 0.3) is 0 Å². The highest BCUT2D eigenvalue weighted by atomic mass is 35.5. The number of nitrogens with zero attached hydrogens (tertiary/aromatic N) is 2. The smallest absolute Gasteiger partial charge is 0.325 e. The number of carbonyl (C=O) groups is 2. The molecule has 1 amide bonds. The average Bonchev–Trinajstić information content (AvgIpc) is 2.71. The SMILES string of the molecule is CCOC(=O)CN(CCOC)C(=O)c1cc(S(=O)(=O)N2CCOCC2)ccc1Cl. The predicted molar refractivity (Wildman–Crippen MR) is 105 cm³/mol. The van der Waals surface area contributed by atoms with E-state index in [-0.39, 0.29) is 54.9 Å². The summed E-state index contributed by atoms with van der Waals surface area (Å²) >= 11 is 6.18. The standard InChI is InChI=1S/C18H25ClN2O7S/c1-3-28-17(22)13-20(6-9-26-2)18(23)15-12-14(4-5-16(15)19)29(24,25)21-7-10-27-11-8-21/h4-5,12H,3,6-11,13H2,1-2H3. The second-order valence-electron chi connectivity index (χ2n) is 6.18. The Morgan fingerprint density at radius 1 is 1.28 bits per heavy atom. The van der Waals surface area contributed by atoms with Gasteiger partial charge >= 0.3 is 5.97 Å². The number of halogens is 1. The number of morpholine rings is 1. The molecule has 1 aromatic carbocycles. The highest BCUT2D eigenvalue weighted by Gasteiger charge is 2.29. The van der Waals surface area contributed by atoms with Gasteiger partial charge in [0.2, 0.25) is 10.0 Å². The van der Waals surface area contributed by atoms with E-state index in [9.17, 15) is 18.0 Å². The zero-order valence-corrected chi connectivity index (χ0v) is 18.0. The molecule has 2 rings (SSSR count). The summed E-state index contributed by atoms with van der Waals surface area (Å²) in [4.78, 5) is 26.1. The van der Waals surface area contributed by atoms with Gasteiger partial charge in [0.1, 0.15) is 6.54 Å². The van der Waals surface area contributed by atoms with Crippen LogP contribution in [-0.4, -0.2) is 89.2 Å². The summed E-state index contributed by atoms with van der Waals surface area (Å²) in [5, 5.41) is 0.0854. The van der Waals surface area contributed by atoms with Gasteiger partial charge in [-0.25, -0.2) is 8.42 Å². The molecule has 0 saturated carbocycles. The number of sulfonamides is 1. The zero-order chi connectivity index (χ0) is 21.4. The first-order valence-electron chi connectivity index (χ1n) is 9.12. The summed E-state index contributed by atoms with van der Waals surface area (Å²) < 4.78 is 42.2. The summed E-state index contributed by atoms with van der Waals surface area (Å²) in [5.74, 6) is -1.16. The molecular formula is C18H25ClN2O7S. The maximum atomic E-state index is 13.0. The molecule has 0 radical (unpaired) electrons. The van der Waals surface area contributed by atoms with E-state index < -0.39 is 21.9 Å². The molecule has 1 fully saturated rings. The second-order valence-corrected chi connectivity index (χ2v) is 8.53. The van der Waals surface area contributed by atoms with Gasteiger partial charge in [0, 0.05) is 26.7 Å². The van der Waals surface area contributed by atoms with Crippen LogP contribution in [0.1, 0.15) is 17.3 Å². The first-order valence-corrected chi connectivity index (χ1v) is 10.9. The molecule has 0 N–H and O–H groups in total. The Hall–Kier alpha value is -1.72. The number of rotatable bonds is 9. The van der Waals surface area contributed by atoms with E-state index in [1.54, 1.807) is 6.92 Å². The molecule has 1 aliphatic rings. The number of amides is 1. The zero-order valence-electron chi connectivity index (χ0n) is 16.4. The van der Waals surface area contributed by atoms with Crippen LogP contribution >= 0.6 is 11.6 Å². The number of carbonyl (C=O) groups excluding carboxylic acids is 2. The van der Waals surface area contributed by atoms with Crippen molar-refractivity contribution in [1.29, 1.82) is 0 Å². The van der Waals surface area contributed by atoms with Gasteiger partial charge in [-0.1, -0.05) is 11.6 Å². The molecule has 29 heavy (non-hydrogen) atoms. The minimum Gasteiger partial charge on any atom is -0.465 e. The van der Waals surface area contributed by atoms with Crippen LogP contribution in [0.2, 0.25) is 5.02 Å². The molecule has 1 heterocycles. The van der Waals surface area contributed by atoms with Crippen LogP contribution in [0.4, 0.5) is 0 Å². The van der Waals surface area contributed by atoms with E-state index in [0.717, 1.165) is 0 Å². The number of hydrogen-bond donors (Lipinski definition) is 0. The molecule has 0 spiro atoms. The number of hydrogen-bond acceptors (Lipinski definition) is 7. The third-order valence-corrected chi connectivity index (χ3v) is 6.48. The van der Waals surface area contributed by atoms with Crippen molar-refractivity contribution in [2.45, 2.75) is 11.8 Å². The third-order valence-electron chi connectivity index (χ3n) is 4.25. The number of esters is 1. The van der Waals surface area contributed by atoms with Crippen LogP contribution in [-0.2, 0) is 29.0 Å². The summed E-state index contributed by atoms with van der Waals surface area (Å²) in [7, 11) is -2.33. The lowest BCUT2D eigenvalue weighted by Crippen LogP contribution is -2.41. The number of ether oxygens (including phenoxy) is 3. The largest absolute Gasteiger partial charge is 0.465 e. The summed E-state index contributed by atoms with van der Waals surface area (Å²) in [6.07, 6.45) is 0. The number of benzene rings is 1. The average molecular weight is 449 g/mol. The van der Waals surface area contributed by atoms with E-state index in [1.807, 2.05) is 0 Å². The van der Waals surface area contributed by atoms with E-state index in [4.69, 9.17) is 25.8 Å². The highest BCUT2D eigenvalue weighted by molar-refractivity contribution is 7.89. The molecule has 0 atom stereocenters. The van der Waals surface area contributed by atoms with E-state index >= 15 is 0 Å². The fraction of sp³-hybridized carbons (Fsp3) is 0.556. The second kappa shape index (κ2) is 10.9. The Morgan fingerprint density at radius 3 is 2.59 bits per heavy atom. The molecule has 0 unspecified atom stereocenters. The van der Waals surface area contributed by atoms with Crippen molar-refractivity contribution >= 4 is 33.5 Å². The molecule has 1 saturated heterocycles. The lowest BCUT2D eigenvalue weighted by Gasteiger charge is -2.26. The van der Waals surface area contributed by atoms with Gasteiger partial charge < -0.3 is 19.1 Å². The van der Waals surface area contributed by atoms with Crippen LogP contribution < -0.4 is 0 Å². The van der Waals surface area contributed by atoms with E-state index in [0.29, 0.717) is 13.2 Å². The van der Waals surface area contributed by atoms with Crippen molar-refractivity contribution in [3.8, 4) is 0 Å². The van der Waals surface area contributed by atoms with Crippen molar-refractivity contribution in [3.63, 3.8) is 0 Å². The molecule has 11 heteroatoms.